The Balaban J connectivity index is 1.53. The highest BCUT2D eigenvalue weighted by Gasteiger charge is 2.31. The lowest BCUT2D eigenvalue weighted by molar-refractivity contribution is -0.123. The number of amides is 1. The Kier molecular flexibility index (Phi) is 4.27. The van der Waals surface area contributed by atoms with Gasteiger partial charge in [0, 0.05) is 30.1 Å². The van der Waals surface area contributed by atoms with Crippen molar-refractivity contribution in [1.29, 1.82) is 0 Å². The van der Waals surface area contributed by atoms with Crippen LogP contribution < -0.4 is 5.32 Å². The van der Waals surface area contributed by atoms with Crippen LogP contribution in [0.2, 0.25) is 5.02 Å². The maximum atomic E-state index is 11.8. The molecule has 1 saturated heterocycles. The van der Waals surface area contributed by atoms with Crippen molar-refractivity contribution in [3.63, 3.8) is 0 Å². The summed E-state index contributed by atoms with van der Waals surface area (Å²) >= 11 is 6.03. The highest BCUT2D eigenvalue weighted by Crippen LogP contribution is 2.29. The number of rotatable bonds is 4. The largest absolute Gasteiger partial charge is 0.352 e. The maximum Gasteiger partial charge on any atom is 0.223 e. The molecule has 1 aromatic rings. The van der Waals surface area contributed by atoms with Crippen molar-refractivity contribution in [1.82, 2.24) is 10.2 Å². The Bertz CT molecular complexity index is 487. The van der Waals surface area contributed by atoms with E-state index in [1.54, 1.807) is 0 Å². The molecule has 1 heterocycles. The van der Waals surface area contributed by atoms with Crippen LogP contribution in [0.15, 0.2) is 24.3 Å². The van der Waals surface area contributed by atoms with Gasteiger partial charge in [-0.25, -0.2) is 0 Å². The molecular formula is C16H21ClN2O. The summed E-state index contributed by atoms with van der Waals surface area (Å²) in [6.45, 7) is 2.96. The first-order valence-electron chi connectivity index (χ1n) is 7.48. The Morgan fingerprint density at radius 1 is 1.35 bits per heavy atom. The minimum atomic E-state index is 0.264. The second kappa shape index (κ2) is 6.15. The average molecular weight is 293 g/mol. The summed E-state index contributed by atoms with van der Waals surface area (Å²) in [5, 5.41) is 3.99. The van der Waals surface area contributed by atoms with E-state index in [2.05, 4.69) is 16.3 Å². The van der Waals surface area contributed by atoms with E-state index in [0.717, 1.165) is 50.3 Å². The predicted molar refractivity (Wildman–Crippen MR) is 80.6 cm³/mol. The molecule has 1 unspecified atom stereocenters. The second-order valence-corrected chi connectivity index (χ2v) is 6.42. The van der Waals surface area contributed by atoms with Crippen LogP contribution in [0.1, 0.15) is 31.2 Å². The Hall–Kier alpha value is -1.06. The first kappa shape index (κ1) is 13.9. The molecule has 3 rings (SSSR count). The number of carbonyl (C=O) groups is 1. The third kappa shape index (κ3) is 3.74. The van der Waals surface area contributed by atoms with Gasteiger partial charge >= 0.3 is 0 Å². The standard InChI is InChI=1S/C16H21ClN2O/c17-14-4-1-3-12(9-14)10-19-8-2-5-15(11-19)18-16(20)13-6-7-13/h1,3-4,9,13,15H,2,5-8,10-11H2,(H,18,20). The molecule has 1 saturated carbocycles. The van der Waals surface area contributed by atoms with E-state index in [4.69, 9.17) is 11.6 Å². The molecule has 1 aliphatic heterocycles. The van der Waals surface area contributed by atoms with Crippen LogP contribution in [0.25, 0.3) is 0 Å². The third-order valence-electron chi connectivity index (χ3n) is 4.10. The van der Waals surface area contributed by atoms with Crippen molar-refractivity contribution in [3.05, 3.63) is 34.9 Å². The van der Waals surface area contributed by atoms with Crippen molar-refractivity contribution in [2.45, 2.75) is 38.3 Å². The molecule has 4 heteroatoms. The van der Waals surface area contributed by atoms with E-state index >= 15 is 0 Å². The number of hydrogen-bond donors (Lipinski definition) is 1. The van der Waals surface area contributed by atoms with Gasteiger partial charge < -0.3 is 5.32 Å². The van der Waals surface area contributed by atoms with Gasteiger partial charge in [0.2, 0.25) is 5.91 Å². The molecule has 0 radical (unpaired) electrons. The van der Waals surface area contributed by atoms with Gasteiger partial charge in [0.1, 0.15) is 0 Å². The van der Waals surface area contributed by atoms with Crippen molar-refractivity contribution < 1.29 is 4.79 Å². The second-order valence-electron chi connectivity index (χ2n) is 5.99. The summed E-state index contributed by atoms with van der Waals surface area (Å²) in [6.07, 6.45) is 4.40. The number of carbonyl (C=O) groups excluding carboxylic acids is 1. The number of piperidine rings is 1. The number of halogens is 1. The van der Waals surface area contributed by atoms with Crippen LogP contribution in [0.5, 0.6) is 0 Å². The minimum Gasteiger partial charge on any atom is -0.352 e. The Labute approximate surface area is 125 Å². The molecule has 0 spiro atoms. The fraction of sp³-hybridized carbons (Fsp3) is 0.562. The van der Waals surface area contributed by atoms with Crippen LogP contribution in [0.3, 0.4) is 0 Å². The zero-order valence-corrected chi connectivity index (χ0v) is 12.4. The topological polar surface area (TPSA) is 32.3 Å². The Morgan fingerprint density at radius 3 is 2.95 bits per heavy atom. The van der Waals surface area contributed by atoms with Crippen molar-refractivity contribution in [2.24, 2.45) is 5.92 Å². The quantitative estimate of drug-likeness (QED) is 0.925. The van der Waals surface area contributed by atoms with Gasteiger partial charge in [-0.1, -0.05) is 23.7 Å². The molecule has 1 aliphatic carbocycles. The number of hydrogen-bond acceptors (Lipinski definition) is 2. The Morgan fingerprint density at radius 2 is 2.20 bits per heavy atom. The summed E-state index contributed by atoms with van der Waals surface area (Å²) in [7, 11) is 0. The number of benzene rings is 1. The molecule has 3 nitrogen and oxygen atoms in total. The van der Waals surface area contributed by atoms with Crippen LogP contribution in [0.4, 0.5) is 0 Å². The SMILES string of the molecule is O=C(NC1CCCN(Cc2cccc(Cl)c2)C1)C1CC1. The van der Waals surface area contributed by atoms with Gasteiger partial charge in [-0.15, -0.1) is 0 Å². The molecule has 2 aliphatic rings. The van der Waals surface area contributed by atoms with Crippen molar-refractivity contribution in [2.75, 3.05) is 13.1 Å². The lowest BCUT2D eigenvalue weighted by Crippen LogP contribution is -2.47. The van der Waals surface area contributed by atoms with E-state index in [1.807, 2.05) is 18.2 Å². The zero-order valence-electron chi connectivity index (χ0n) is 11.6. The first-order valence-corrected chi connectivity index (χ1v) is 7.86. The van der Waals surface area contributed by atoms with Crippen LogP contribution in [0, 0.1) is 5.92 Å². The van der Waals surface area contributed by atoms with E-state index in [1.165, 1.54) is 5.56 Å². The minimum absolute atomic E-state index is 0.264. The van der Waals surface area contributed by atoms with E-state index < -0.39 is 0 Å². The molecule has 1 aromatic carbocycles. The monoisotopic (exact) mass is 292 g/mol. The van der Waals surface area contributed by atoms with Crippen molar-refractivity contribution >= 4 is 17.5 Å². The molecular weight excluding hydrogens is 272 g/mol. The molecule has 108 valence electrons. The fourth-order valence-electron chi connectivity index (χ4n) is 2.88. The molecule has 20 heavy (non-hydrogen) atoms. The summed E-state index contributed by atoms with van der Waals surface area (Å²) in [5.41, 5.74) is 1.24. The third-order valence-corrected chi connectivity index (χ3v) is 4.33. The van der Waals surface area contributed by atoms with Gasteiger partial charge in [-0.05, 0) is 49.9 Å². The average Bonchev–Trinajstić information content (AvgIpc) is 3.23. The van der Waals surface area contributed by atoms with Gasteiger partial charge in [-0.3, -0.25) is 9.69 Å². The normalized spacial score (nSPS) is 23.6. The molecule has 2 fully saturated rings. The van der Waals surface area contributed by atoms with Crippen molar-refractivity contribution in [3.8, 4) is 0 Å². The summed E-state index contributed by atoms with van der Waals surface area (Å²) in [5.74, 6) is 0.568. The predicted octanol–water partition coefficient (Wildman–Crippen LogP) is 2.83. The van der Waals surface area contributed by atoms with Crippen LogP contribution in [-0.2, 0) is 11.3 Å². The summed E-state index contributed by atoms with van der Waals surface area (Å²) in [4.78, 5) is 14.2. The maximum absolute atomic E-state index is 11.8. The molecule has 0 bridgehead atoms. The molecule has 1 N–H and O–H groups in total. The van der Waals surface area contributed by atoms with E-state index in [0.29, 0.717) is 12.0 Å². The number of nitrogens with zero attached hydrogens (tertiary/aromatic N) is 1. The molecule has 1 atom stereocenters. The smallest absolute Gasteiger partial charge is 0.223 e. The molecule has 1 amide bonds. The lowest BCUT2D eigenvalue weighted by Gasteiger charge is -2.33. The summed E-state index contributed by atoms with van der Waals surface area (Å²) < 4.78 is 0. The van der Waals surface area contributed by atoms with Gasteiger partial charge in [-0.2, -0.15) is 0 Å². The number of nitrogens with one attached hydrogen (secondary N) is 1. The van der Waals surface area contributed by atoms with Gasteiger partial charge in [0.05, 0.1) is 0 Å². The number of likely N-dealkylation sites (tertiary alicyclic amines) is 1. The van der Waals surface area contributed by atoms with Gasteiger partial charge in [0.15, 0.2) is 0 Å². The zero-order chi connectivity index (χ0) is 13.9. The highest BCUT2D eigenvalue weighted by molar-refractivity contribution is 6.30. The molecule has 0 aromatic heterocycles. The highest BCUT2D eigenvalue weighted by atomic mass is 35.5. The van der Waals surface area contributed by atoms with Crippen LogP contribution in [-0.4, -0.2) is 29.9 Å². The lowest BCUT2D eigenvalue weighted by atomic mass is 10.0. The van der Waals surface area contributed by atoms with Gasteiger partial charge in [0.25, 0.3) is 0 Å². The first-order chi connectivity index (χ1) is 9.70. The fourth-order valence-corrected chi connectivity index (χ4v) is 3.09. The van der Waals surface area contributed by atoms with E-state index in [-0.39, 0.29) is 5.91 Å². The van der Waals surface area contributed by atoms with E-state index in [9.17, 15) is 4.79 Å². The van der Waals surface area contributed by atoms with Crippen LogP contribution >= 0.6 is 11.6 Å². The summed E-state index contributed by atoms with van der Waals surface area (Å²) in [6, 6.07) is 8.34.